The molecule has 0 saturated carbocycles. The van der Waals surface area contributed by atoms with Gasteiger partial charge in [-0.05, 0) is 12.1 Å². The van der Waals surface area contributed by atoms with Crippen molar-refractivity contribution in [2.45, 2.75) is 31.7 Å². The van der Waals surface area contributed by atoms with Crippen LogP contribution in [0.5, 0.6) is 11.6 Å². The van der Waals surface area contributed by atoms with Gasteiger partial charge in [0.25, 0.3) is 5.91 Å². The first-order valence-electron chi connectivity index (χ1n) is 8.80. The van der Waals surface area contributed by atoms with Crippen molar-refractivity contribution >= 4 is 15.7 Å². The average Bonchev–Trinajstić information content (AvgIpc) is 2.65. The van der Waals surface area contributed by atoms with Gasteiger partial charge in [-0.25, -0.2) is 22.2 Å². The van der Waals surface area contributed by atoms with Gasteiger partial charge in [0, 0.05) is 31.2 Å². The molecule has 168 valence electrons. The van der Waals surface area contributed by atoms with Crippen LogP contribution < -0.4 is 10.1 Å². The van der Waals surface area contributed by atoms with E-state index >= 15 is 0 Å². The fourth-order valence-corrected chi connectivity index (χ4v) is 2.75. The Kier molecular flexibility index (Phi) is 7.71. The summed E-state index contributed by atoms with van der Waals surface area (Å²) in [6.45, 7) is 0.559. The van der Waals surface area contributed by atoms with Gasteiger partial charge < -0.3 is 10.1 Å². The quantitative estimate of drug-likeness (QED) is 0.572. The summed E-state index contributed by atoms with van der Waals surface area (Å²) in [7, 11) is -3.64. The van der Waals surface area contributed by atoms with E-state index in [1.807, 2.05) is 0 Å². The van der Waals surface area contributed by atoms with E-state index in [0.717, 1.165) is 18.5 Å². The smallest absolute Gasteiger partial charge is 0.303 e. The summed E-state index contributed by atoms with van der Waals surface area (Å²) in [5, 5.41) is 2.88. The number of alkyl halides is 4. The molecular formula is C19H19F4N3O4S. The minimum atomic E-state index is -3.64. The van der Waals surface area contributed by atoms with Gasteiger partial charge in [0.15, 0.2) is 9.84 Å². The molecule has 0 aliphatic carbocycles. The number of carbonyl (C=O) groups is 1. The molecule has 0 fully saturated rings. The fraction of sp³-hybridized carbons (Fsp3) is 0.316. The maximum atomic E-state index is 13.6. The number of amides is 1. The molecule has 7 nitrogen and oxygen atoms in total. The number of rotatable bonds is 9. The van der Waals surface area contributed by atoms with E-state index in [1.54, 1.807) is 18.2 Å². The lowest BCUT2D eigenvalue weighted by Crippen LogP contribution is -2.35. The number of sulfone groups is 1. The van der Waals surface area contributed by atoms with Crippen LogP contribution in [0.2, 0.25) is 0 Å². The lowest BCUT2D eigenvalue weighted by Gasteiger charge is -2.17. The zero-order valence-corrected chi connectivity index (χ0v) is 17.2. The Morgan fingerprint density at radius 2 is 1.90 bits per heavy atom. The first-order valence-corrected chi connectivity index (χ1v) is 10.8. The van der Waals surface area contributed by atoms with E-state index in [9.17, 15) is 30.8 Å². The van der Waals surface area contributed by atoms with Crippen molar-refractivity contribution in [3.8, 4) is 11.6 Å². The maximum absolute atomic E-state index is 13.6. The molecule has 1 aromatic heterocycles. The number of nitrogens with zero attached hydrogens (tertiary/aromatic N) is 2. The van der Waals surface area contributed by atoms with Crippen molar-refractivity contribution < 1.29 is 35.5 Å². The zero-order chi connectivity index (χ0) is 23.2. The first kappa shape index (κ1) is 24.3. The van der Waals surface area contributed by atoms with Crippen molar-refractivity contribution in [3.63, 3.8) is 0 Å². The molecular weight excluding hydrogens is 442 g/mol. The Bertz CT molecular complexity index is 1040. The number of para-hydroxylation sites is 1. The van der Waals surface area contributed by atoms with E-state index in [-0.39, 0.29) is 5.75 Å². The highest BCUT2D eigenvalue weighted by Crippen LogP contribution is 2.29. The van der Waals surface area contributed by atoms with Crippen LogP contribution in [0.1, 0.15) is 29.5 Å². The molecule has 2 rings (SSSR count). The van der Waals surface area contributed by atoms with Crippen LogP contribution in [0.3, 0.4) is 0 Å². The van der Waals surface area contributed by atoms with Gasteiger partial charge in [0.2, 0.25) is 18.1 Å². The largest absolute Gasteiger partial charge is 0.438 e. The van der Waals surface area contributed by atoms with Gasteiger partial charge in [0.05, 0.1) is 6.04 Å². The second-order valence-corrected chi connectivity index (χ2v) is 8.51. The van der Waals surface area contributed by atoms with Gasteiger partial charge in [-0.1, -0.05) is 24.3 Å². The third-order valence-electron chi connectivity index (χ3n) is 3.66. The Hall–Kier alpha value is -3.02. The highest BCUT2D eigenvalue weighted by Gasteiger charge is 2.31. The van der Waals surface area contributed by atoms with E-state index in [1.165, 1.54) is 12.1 Å². The second-order valence-electron chi connectivity index (χ2n) is 6.58. The number of benzene rings is 1. The van der Waals surface area contributed by atoms with Gasteiger partial charge in [0.1, 0.15) is 11.3 Å². The van der Waals surface area contributed by atoms with Crippen molar-refractivity contribution in [2.24, 2.45) is 0 Å². The number of carbonyl (C=O) groups excluding carboxylic acids is 1. The monoisotopic (exact) mass is 461 g/mol. The van der Waals surface area contributed by atoms with Crippen LogP contribution in [0, 0.1) is 0 Å². The van der Waals surface area contributed by atoms with Gasteiger partial charge in [-0.15, -0.1) is 0 Å². The molecule has 0 bridgehead atoms. The van der Waals surface area contributed by atoms with Gasteiger partial charge >= 0.3 is 5.92 Å². The van der Waals surface area contributed by atoms with Gasteiger partial charge in [-0.2, -0.15) is 13.8 Å². The Balaban J connectivity index is 2.39. The lowest BCUT2D eigenvalue weighted by molar-refractivity contribution is 0.00706. The highest BCUT2D eigenvalue weighted by atomic mass is 32.2. The second kappa shape index (κ2) is 9.86. The number of hydrogen-bond acceptors (Lipinski definition) is 6. The summed E-state index contributed by atoms with van der Waals surface area (Å²) in [6, 6.07) is 6.48. The van der Waals surface area contributed by atoms with E-state index < -0.39 is 57.8 Å². The van der Waals surface area contributed by atoms with Crippen LogP contribution in [0.15, 0.2) is 48.0 Å². The van der Waals surface area contributed by atoms with Crippen molar-refractivity contribution in [3.05, 3.63) is 59.4 Å². The third-order valence-corrected chi connectivity index (χ3v) is 4.31. The summed E-state index contributed by atoms with van der Waals surface area (Å²) in [6.07, 6.45) is -1.20. The van der Waals surface area contributed by atoms with E-state index in [2.05, 4.69) is 15.3 Å². The molecule has 12 heteroatoms. The van der Waals surface area contributed by atoms with Crippen LogP contribution in [-0.4, -0.2) is 43.0 Å². The summed E-state index contributed by atoms with van der Waals surface area (Å²) in [5.41, 5.74) is -0.399. The molecule has 0 aliphatic heterocycles. The molecule has 1 unspecified atom stereocenters. The predicted molar refractivity (Wildman–Crippen MR) is 104 cm³/mol. The Labute approximate surface area is 176 Å². The molecule has 1 N–H and O–H groups in total. The Morgan fingerprint density at radius 3 is 2.45 bits per heavy atom. The SMILES string of the molecule is CC(F)(F)c1ncc(C(=O)NC(/C=C/S(C)(=O)=O)CC(F)F)c(Oc2ccccc2)n1. The standard InChI is InChI=1S/C19H19F4N3O4S/c1-19(22,23)18-24-11-14(17(26-18)30-13-6-4-3-5-7-13)16(27)25-12(10-15(20)21)8-9-31(2,28)29/h3-9,11-12,15H,10H2,1-2H3,(H,25,27)/b9-8+. The van der Waals surface area contributed by atoms with E-state index in [4.69, 9.17) is 4.74 Å². The summed E-state index contributed by atoms with van der Waals surface area (Å²) in [5.74, 6) is -5.68. The fourth-order valence-electron chi connectivity index (χ4n) is 2.27. The summed E-state index contributed by atoms with van der Waals surface area (Å²) >= 11 is 0. The zero-order valence-electron chi connectivity index (χ0n) is 16.4. The molecule has 1 amide bonds. The Morgan fingerprint density at radius 1 is 1.26 bits per heavy atom. The van der Waals surface area contributed by atoms with Crippen LogP contribution in [0.25, 0.3) is 0 Å². The van der Waals surface area contributed by atoms with Crippen molar-refractivity contribution in [2.75, 3.05) is 6.26 Å². The third kappa shape index (κ3) is 7.96. The number of halogens is 4. The summed E-state index contributed by atoms with van der Waals surface area (Å²) < 4.78 is 80.9. The number of nitrogens with one attached hydrogen (secondary N) is 1. The van der Waals surface area contributed by atoms with Crippen LogP contribution in [-0.2, 0) is 15.8 Å². The van der Waals surface area contributed by atoms with Crippen LogP contribution >= 0.6 is 0 Å². The first-order chi connectivity index (χ1) is 14.3. The molecule has 1 atom stereocenters. The van der Waals surface area contributed by atoms with Crippen molar-refractivity contribution in [1.82, 2.24) is 15.3 Å². The molecule has 0 radical (unpaired) electrons. The average molecular weight is 461 g/mol. The molecule has 0 aliphatic rings. The van der Waals surface area contributed by atoms with Crippen LogP contribution in [0.4, 0.5) is 17.6 Å². The number of ether oxygens (including phenoxy) is 1. The molecule has 0 saturated heterocycles. The molecule has 31 heavy (non-hydrogen) atoms. The normalized spacial score (nSPS) is 13.4. The predicted octanol–water partition coefficient (Wildman–Crippen LogP) is 3.69. The van der Waals surface area contributed by atoms with Crippen molar-refractivity contribution in [1.29, 1.82) is 0 Å². The minimum absolute atomic E-state index is 0.182. The molecule has 1 aromatic carbocycles. The molecule has 1 heterocycles. The highest BCUT2D eigenvalue weighted by molar-refractivity contribution is 7.93. The number of aromatic nitrogens is 2. The molecule has 2 aromatic rings. The van der Waals surface area contributed by atoms with E-state index in [0.29, 0.717) is 12.3 Å². The minimum Gasteiger partial charge on any atom is -0.438 e. The van der Waals surface area contributed by atoms with Gasteiger partial charge in [-0.3, -0.25) is 4.79 Å². The topological polar surface area (TPSA) is 98.2 Å². The number of hydrogen-bond donors (Lipinski definition) is 1. The molecule has 0 spiro atoms. The lowest BCUT2D eigenvalue weighted by atomic mass is 10.2. The summed E-state index contributed by atoms with van der Waals surface area (Å²) in [4.78, 5) is 19.7. The maximum Gasteiger partial charge on any atom is 0.303 e.